The fraction of sp³-hybridized carbons (Fsp3) is 0.500. The van der Waals surface area contributed by atoms with Crippen LogP contribution >= 0.6 is 0 Å². The maximum absolute atomic E-state index is 12.8. The number of hydrogen-bond acceptors (Lipinski definition) is 6. The molecule has 1 atom stereocenters. The Morgan fingerprint density at radius 1 is 1.14 bits per heavy atom. The van der Waals surface area contributed by atoms with E-state index in [1.807, 2.05) is 6.07 Å². The first-order valence-corrected chi connectivity index (χ1v) is 9.69. The SMILES string of the molecule is NCC1(CNCc2ccc3c(c2)C(=O)N(C2CCC(=O)NC2=O)C3=O)CCC1. The van der Waals surface area contributed by atoms with Crippen LogP contribution in [0, 0.1) is 5.41 Å². The van der Waals surface area contributed by atoms with Gasteiger partial charge in [0.2, 0.25) is 11.8 Å². The highest BCUT2D eigenvalue weighted by atomic mass is 16.2. The van der Waals surface area contributed by atoms with Gasteiger partial charge in [-0.1, -0.05) is 12.5 Å². The summed E-state index contributed by atoms with van der Waals surface area (Å²) >= 11 is 0. The van der Waals surface area contributed by atoms with Gasteiger partial charge in [0, 0.05) is 19.5 Å². The summed E-state index contributed by atoms with van der Waals surface area (Å²) in [6.45, 7) is 2.07. The van der Waals surface area contributed by atoms with E-state index in [0.29, 0.717) is 24.2 Å². The highest BCUT2D eigenvalue weighted by Crippen LogP contribution is 2.39. The fourth-order valence-corrected chi connectivity index (χ4v) is 4.23. The van der Waals surface area contributed by atoms with Crippen LogP contribution in [0.15, 0.2) is 18.2 Å². The van der Waals surface area contributed by atoms with Crippen LogP contribution in [0.4, 0.5) is 0 Å². The zero-order valence-electron chi connectivity index (χ0n) is 15.6. The minimum Gasteiger partial charge on any atom is -0.330 e. The maximum atomic E-state index is 12.8. The molecule has 1 aromatic rings. The molecule has 0 aromatic heterocycles. The van der Waals surface area contributed by atoms with E-state index < -0.39 is 23.8 Å². The Bertz CT molecular complexity index is 856. The number of nitrogens with two attached hydrogens (primary N) is 1. The van der Waals surface area contributed by atoms with Gasteiger partial charge < -0.3 is 11.1 Å². The van der Waals surface area contributed by atoms with Crippen molar-refractivity contribution >= 4 is 23.6 Å². The minimum absolute atomic E-state index is 0.113. The van der Waals surface area contributed by atoms with Crippen LogP contribution in [-0.4, -0.2) is 47.7 Å². The van der Waals surface area contributed by atoms with Crippen LogP contribution < -0.4 is 16.4 Å². The Morgan fingerprint density at radius 3 is 2.54 bits per heavy atom. The van der Waals surface area contributed by atoms with Crippen LogP contribution in [-0.2, 0) is 16.1 Å². The molecule has 2 aliphatic heterocycles. The highest BCUT2D eigenvalue weighted by molar-refractivity contribution is 6.23. The van der Waals surface area contributed by atoms with E-state index in [2.05, 4.69) is 10.6 Å². The standard InChI is InChI=1S/C20H24N4O4/c21-10-20(6-1-7-20)11-22-9-12-2-3-13-14(8-12)19(28)24(18(13)27)15-4-5-16(25)23-17(15)26/h2-3,8,15,22H,1,4-7,9-11,21H2,(H,23,25,26). The summed E-state index contributed by atoms with van der Waals surface area (Å²) in [5.74, 6) is -1.94. The van der Waals surface area contributed by atoms with Crippen LogP contribution in [0.3, 0.4) is 0 Å². The Morgan fingerprint density at radius 2 is 1.89 bits per heavy atom. The second kappa shape index (κ2) is 7.10. The van der Waals surface area contributed by atoms with Crippen LogP contribution in [0.5, 0.6) is 0 Å². The van der Waals surface area contributed by atoms with Gasteiger partial charge in [-0.25, -0.2) is 0 Å². The van der Waals surface area contributed by atoms with Gasteiger partial charge in [-0.2, -0.15) is 0 Å². The summed E-state index contributed by atoms with van der Waals surface area (Å²) < 4.78 is 0. The third-order valence-corrected chi connectivity index (χ3v) is 6.18. The van der Waals surface area contributed by atoms with E-state index >= 15 is 0 Å². The monoisotopic (exact) mass is 384 g/mol. The largest absolute Gasteiger partial charge is 0.330 e. The molecule has 0 radical (unpaired) electrons. The van der Waals surface area contributed by atoms with Crippen LogP contribution in [0.2, 0.25) is 0 Å². The van der Waals surface area contributed by atoms with Crippen molar-refractivity contribution in [1.29, 1.82) is 0 Å². The van der Waals surface area contributed by atoms with Gasteiger partial charge in [0.25, 0.3) is 11.8 Å². The van der Waals surface area contributed by atoms with Crippen LogP contribution in [0.1, 0.15) is 58.4 Å². The molecule has 28 heavy (non-hydrogen) atoms. The summed E-state index contributed by atoms with van der Waals surface area (Å²) in [6, 6.07) is 4.24. The lowest BCUT2D eigenvalue weighted by atomic mass is 9.69. The first kappa shape index (κ1) is 18.8. The lowest BCUT2D eigenvalue weighted by Crippen LogP contribution is -2.54. The molecule has 0 spiro atoms. The van der Waals surface area contributed by atoms with Crippen molar-refractivity contribution in [3.05, 3.63) is 34.9 Å². The maximum Gasteiger partial charge on any atom is 0.262 e. The normalized spacial score (nSPS) is 23.5. The van der Waals surface area contributed by atoms with Gasteiger partial charge in [-0.05, 0) is 48.9 Å². The number of piperidine rings is 1. The Hall–Kier alpha value is -2.58. The fourth-order valence-electron chi connectivity index (χ4n) is 4.23. The average Bonchev–Trinajstić information content (AvgIpc) is 2.88. The number of nitrogens with zero attached hydrogens (tertiary/aromatic N) is 1. The molecule has 4 rings (SSSR count). The molecule has 1 unspecified atom stereocenters. The topological polar surface area (TPSA) is 122 Å². The molecule has 148 valence electrons. The zero-order chi connectivity index (χ0) is 19.9. The van der Waals surface area contributed by atoms with Crippen molar-refractivity contribution in [1.82, 2.24) is 15.5 Å². The Balaban J connectivity index is 1.46. The van der Waals surface area contributed by atoms with E-state index in [9.17, 15) is 19.2 Å². The van der Waals surface area contributed by atoms with Crippen molar-refractivity contribution in [3.8, 4) is 0 Å². The molecule has 1 aliphatic carbocycles. The molecule has 1 saturated heterocycles. The molecule has 8 nitrogen and oxygen atoms in total. The summed E-state index contributed by atoms with van der Waals surface area (Å²) in [4.78, 5) is 49.9. The number of carbonyl (C=O) groups is 4. The molecule has 0 bridgehead atoms. The van der Waals surface area contributed by atoms with E-state index in [-0.39, 0.29) is 24.2 Å². The first-order valence-electron chi connectivity index (χ1n) is 9.69. The quantitative estimate of drug-likeness (QED) is 0.607. The van der Waals surface area contributed by atoms with Crippen LogP contribution in [0.25, 0.3) is 0 Å². The third kappa shape index (κ3) is 3.12. The third-order valence-electron chi connectivity index (χ3n) is 6.18. The lowest BCUT2D eigenvalue weighted by Gasteiger charge is -2.41. The van der Waals surface area contributed by atoms with Gasteiger partial charge in [-0.15, -0.1) is 0 Å². The van der Waals surface area contributed by atoms with E-state index in [0.717, 1.165) is 29.8 Å². The molecule has 3 aliphatic rings. The molecule has 4 N–H and O–H groups in total. The van der Waals surface area contributed by atoms with E-state index in [1.54, 1.807) is 12.1 Å². The van der Waals surface area contributed by atoms with Crippen molar-refractivity contribution < 1.29 is 19.2 Å². The molecule has 2 fully saturated rings. The molecule has 1 aromatic carbocycles. The second-order valence-electron chi connectivity index (χ2n) is 7.99. The Kier molecular flexibility index (Phi) is 4.76. The Labute approximate surface area is 162 Å². The number of rotatable bonds is 6. The van der Waals surface area contributed by atoms with E-state index in [1.165, 1.54) is 6.42 Å². The molecular formula is C20H24N4O4. The lowest BCUT2D eigenvalue weighted by molar-refractivity contribution is -0.136. The number of fused-ring (bicyclic) bond motifs is 1. The number of amides is 4. The highest BCUT2D eigenvalue weighted by Gasteiger charge is 2.44. The molecule has 1 saturated carbocycles. The summed E-state index contributed by atoms with van der Waals surface area (Å²) in [7, 11) is 0. The molecular weight excluding hydrogens is 360 g/mol. The second-order valence-corrected chi connectivity index (χ2v) is 7.99. The number of carbonyl (C=O) groups excluding carboxylic acids is 4. The van der Waals surface area contributed by atoms with Crippen molar-refractivity contribution in [2.24, 2.45) is 11.1 Å². The number of imide groups is 2. The summed E-state index contributed by atoms with van der Waals surface area (Å²) in [5.41, 5.74) is 7.58. The zero-order valence-corrected chi connectivity index (χ0v) is 15.6. The van der Waals surface area contributed by atoms with Crippen molar-refractivity contribution in [2.75, 3.05) is 13.1 Å². The van der Waals surface area contributed by atoms with Gasteiger partial charge >= 0.3 is 0 Å². The van der Waals surface area contributed by atoms with Gasteiger partial charge in [0.05, 0.1) is 11.1 Å². The summed E-state index contributed by atoms with van der Waals surface area (Å²) in [6.07, 6.45) is 3.75. The van der Waals surface area contributed by atoms with Gasteiger partial charge in [0.15, 0.2) is 0 Å². The van der Waals surface area contributed by atoms with Gasteiger partial charge in [-0.3, -0.25) is 29.4 Å². The van der Waals surface area contributed by atoms with Gasteiger partial charge in [0.1, 0.15) is 6.04 Å². The van der Waals surface area contributed by atoms with Crippen molar-refractivity contribution in [3.63, 3.8) is 0 Å². The minimum atomic E-state index is -0.935. The number of hydrogen-bond donors (Lipinski definition) is 3. The predicted molar refractivity (Wildman–Crippen MR) is 100 cm³/mol. The summed E-state index contributed by atoms with van der Waals surface area (Å²) in [5, 5.41) is 5.61. The molecule has 2 heterocycles. The predicted octanol–water partition coefficient (Wildman–Crippen LogP) is 0.306. The number of benzene rings is 1. The molecule has 4 amide bonds. The first-order chi connectivity index (χ1) is 13.4. The average molecular weight is 384 g/mol. The van der Waals surface area contributed by atoms with Crippen molar-refractivity contribution in [2.45, 2.75) is 44.7 Å². The molecule has 8 heteroatoms. The van der Waals surface area contributed by atoms with E-state index in [4.69, 9.17) is 5.73 Å². The smallest absolute Gasteiger partial charge is 0.262 e. The number of nitrogens with one attached hydrogen (secondary N) is 2.